The molecule has 3 aromatic heterocycles. The van der Waals surface area contributed by atoms with Gasteiger partial charge in [0.1, 0.15) is 0 Å². The van der Waals surface area contributed by atoms with E-state index in [1.165, 1.54) is 33.3 Å². The number of nitrogens with zero attached hydrogens (tertiary/aromatic N) is 3. The first-order valence-corrected chi connectivity index (χ1v) is 22.5. The van der Waals surface area contributed by atoms with Gasteiger partial charge in [-0.1, -0.05) is 185 Å². The summed E-state index contributed by atoms with van der Waals surface area (Å²) < 4.78 is 0. The first kappa shape index (κ1) is 48.8. The molecule has 0 bridgehead atoms. The maximum Gasteiger partial charge on any atom is 0.0720 e. The highest BCUT2D eigenvalue weighted by Gasteiger charge is 2.39. The summed E-state index contributed by atoms with van der Waals surface area (Å²) in [6.07, 6.45) is 0. The monoisotopic (exact) mass is 828 g/mol. The standard InChI is InChI=1S/2C19H27N.C18H24ClN/c2*1-13-8-9-14-10-11-15(20-16(14)12-13)17(18(2,3)4)19(5,6)7;1-17(2,3)16(18(4,5)6)14-10-8-12-7-9-13(19)11-15(12)20-14/h2*8-12,17H,1-7H3;7-11,16H,1-6H3. The minimum absolute atomic E-state index is 0.164. The molecule has 60 heavy (non-hydrogen) atoms. The number of aryl methyl sites for hydroxylation is 2. The molecule has 3 heterocycles. The van der Waals surface area contributed by atoms with Crippen LogP contribution in [0.4, 0.5) is 0 Å². The zero-order valence-electron chi connectivity index (χ0n) is 41.1. The molecule has 3 aromatic carbocycles. The van der Waals surface area contributed by atoms with Crippen molar-refractivity contribution in [3.8, 4) is 0 Å². The van der Waals surface area contributed by atoms with Gasteiger partial charge in [-0.05, 0) is 99.9 Å². The minimum Gasteiger partial charge on any atom is -0.252 e. The number of hydrogen-bond donors (Lipinski definition) is 0. The van der Waals surface area contributed by atoms with Gasteiger partial charge in [-0.2, -0.15) is 0 Å². The van der Waals surface area contributed by atoms with Crippen LogP contribution in [0.25, 0.3) is 32.7 Å². The zero-order valence-corrected chi connectivity index (χ0v) is 41.9. The lowest BCUT2D eigenvalue weighted by atomic mass is 9.65. The largest absolute Gasteiger partial charge is 0.252 e. The molecular formula is C56H78ClN3. The Bertz CT molecular complexity index is 2070. The Hall–Kier alpha value is -3.82. The number of aromatic nitrogens is 3. The third-order valence-corrected chi connectivity index (χ3v) is 11.7. The molecule has 0 unspecified atom stereocenters. The van der Waals surface area contributed by atoms with Crippen molar-refractivity contribution in [1.29, 1.82) is 0 Å². The minimum atomic E-state index is 0.164. The van der Waals surface area contributed by atoms with Gasteiger partial charge in [0.2, 0.25) is 0 Å². The molecular weight excluding hydrogens is 750 g/mol. The van der Waals surface area contributed by atoms with Crippen molar-refractivity contribution in [2.24, 2.45) is 32.5 Å². The summed E-state index contributed by atoms with van der Waals surface area (Å²) >= 11 is 6.09. The lowest BCUT2D eigenvalue weighted by molar-refractivity contribution is 0.172. The summed E-state index contributed by atoms with van der Waals surface area (Å²) in [6, 6.07) is 32.0. The second-order valence-corrected chi connectivity index (χ2v) is 24.4. The molecule has 0 aliphatic rings. The van der Waals surface area contributed by atoms with Crippen molar-refractivity contribution in [3.05, 3.63) is 124 Å². The summed E-state index contributed by atoms with van der Waals surface area (Å²) in [4.78, 5) is 14.8. The molecule has 0 fully saturated rings. The van der Waals surface area contributed by atoms with Crippen LogP contribution in [0, 0.1) is 46.3 Å². The van der Waals surface area contributed by atoms with E-state index in [1.54, 1.807) is 0 Å². The average Bonchev–Trinajstić information content (AvgIpc) is 3.04. The first-order chi connectivity index (χ1) is 27.3. The molecule has 4 heteroatoms. The van der Waals surface area contributed by atoms with Gasteiger partial charge >= 0.3 is 0 Å². The van der Waals surface area contributed by atoms with Crippen LogP contribution in [0.5, 0.6) is 0 Å². The normalized spacial score (nSPS) is 13.2. The Balaban J connectivity index is 0.000000198. The van der Waals surface area contributed by atoms with Gasteiger partial charge in [0.05, 0.1) is 16.6 Å². The lowest BCUT2D eigenvalue weighted by Gasteiger charge is -2.40. The number of benzene rings is 3. The van der Waals surface area contributed by atoms with Crippen LogP contribution in [0.1, 0.15) is 171 Å². The Morgan fingerprint density at radius 1 is 0.333 bits per heavy atom. The second-order valence-electron chi connectivity index (χ2n) is 23.9. The van der Waals surface area contributed by atoms with Crippen molar-refractivity contribution in [2.45, 2.75) is 156 Å². The summed E-state index contributed by atoms with van der Waals surface area (Å²) in [5.74, 6) is 1.25. The molecule has 0 radical (unpaired) electrons. The van der Waals surface area contributed by atoms with Gasteiger partial charge in [-0.3, -0.25) is 15.0 Å². The molecule has 0 saturated heterocycles. The van der Waals surface area contributed by atoms with E-state index in [4.69, 9.17) is 26.6 Å². The van der Waals surface area contributed by atoms with E-state index >= 15 is 0 Å². The molecule has 3 nitrogen and oxygen atoms in total. The van der Waals surface area contributed by atoms with Crippen LogP contribution in [-0.2, 0) is 0 Å². The molecule has 0 aliphatic heterocycles. The maximum absolute atomic E-state index is 6.09. The van der Waals surface area contributed by atoms with Crippen molar-refractivity contribution in [3.63, 3.8) is 0 Å². The molecule has 6 aromatic rings. The van der Waals surface area contributed by atoms with Crippen LogP contribution < -0.4 is 0 Å². The fourth-order valence-corrected chi connectivity index (χ4v) is 10.8. The Kier molecular flexibility index (Phi) is 14.6. The molecule has 6 rings (SSSR count). The highest BCUT2D eigenvalue weighted by molar-refractivity contribution is 6.31. The Labute approximate surface area is 370 Å². The summed E-state index contributed by atoms with van der Waals surface area (Å²) in [7, 11) is 0. The van der Waals surface area contributed by atoms with E-state index in [0.717, 1.165) is 32.7 Å². The van der Waals surface area contributed by atoms with E-state index in [0.29, 0.717) is 17.8 Å². The summed E-state index contributed by atoms with van der Waals surface area (Å²) in [5, 5.41) is 4.33. The molecule has 0 spiro atoms. The average molecular weight is 829 g/mol. The van der Waals surface area contributed by atoms with E-state index in [2.05, 4.69) is 211 Å². The van der Waals surface area contributed by atoms with Gasteiger partial charge in [0.15, 0.2) is 0 Å². The SMILES string of the molecule is CC(C)(C)C(c1ccc2ccc(Cl)cc2n1)C(C)(C)C.Cc1ccc2ccc(C(C(C)(C)C)C(C)(C)C)nc2c1.Cc1ccc2ccc(C(C(C)(C)C)C(C)(C)C)nc2c1. The number of hydrogen-bond acceptors (Lipinski definition) is 3. The fourth-order valence-electron chi connectivity index (χ4n) is 10.6. The fraction of sp³-hybridized carbons (Fsp3) is 0.518. The molecule has 324 valence electrons. The van der Waals surface area contributed by atoms with E-state index in [1.807, 2.05) is 18.2 Å². The van der Waals surface area contributed by atoms with Crippen molar-refractivity contribution < 1.29 is 0 Å². The van der Waals surface area contributed by atoms with Gasteiger partial charge in [-0.25, -0.2) is 0 Å². The van der Waals surface area contributed by atoms with Crippen molar-refractivity contribution in [1.82, 2.24) is 15.0 Å². The van der Waals surface area contributed by atoms with E-state index in [9.17, 15) is 0 Å². The van der Waals surface area contributed by atoms with E-state index in [-0.39, 0.29) is 32.5 Å². The van der Waals surface area contributed by atoms with Crippen molar-refractivity contribution >= 4 is 44.3 Å². The van der Waals surface area contributed by atoms with Gasteiger partial charge in [0, 0.05) is 56.0 Å². The summed E-state index contributed by atoms with van der Waals surface area (Å²) in [5.41, 5.74) is 10.4. The third kappa shape index (κ3) is 12.6. The highest BCUT2D eigenvalue weighted by Crippen LogP contribution is 2.49. The maximum atomic E-state index is 6.09. The Morgan fingerprint density at radius 2 is 0.567 bits per heavy atom. The van der Waals surface area contributed by atoms with E-state index < -0.39 is 0 Å². The number of rotatable bonds is 3. The van der Waals surface area contributed by atoms with Gasteiger partial charge in [0.25, 0.3) is 0 Å². The van der Waals surface area contributed by atoms with Crippen molar-refractivity contribution in [2.75, 3.05) is 0 Å². The Morgan fingerprint density at radius 3 is 0.833 bits per heavy atom. The number of fused-ring (bicyclic) bond motifs is 3. The van der Waals surface area contributed by atoms with Crippen LogP contribution >= 0.6 is 11.6 Å². The molecule has 0 aliphatic carbocycles. The predicted octanol–water partition coefficient (Wildman–Crippen LogP) is 17.5. The topological polar surface area (TPSA) is 38.7 Å². The smallest absolute Gasteiger partial charge is 0.0720 e. The first-order valence-electron chi connectivity index (χ1n) is 22.1. The molecule has 0 saturated carbocycles. The second kappa shape index (κ2) is 17.9. The molecule has 0 amide bonds. The zero-order chi connectivity index (χ0) is 45.4. The van der Waals surface area contributed by atoms with Crippen LogP contribution in [0.2, 0.25) is 5.02 Å². The quantitative estimate of drug-likeness (QED) is 0.178. The van der Waals surface area contributed by atoms with Crippen LogP contribution in [-0.4, -0.2) is 15.0 Å². The lowest BCUT2D eigenvalue weighted by Crippen LogP contribution is -2.31. The van der Waals surface area contributed by atoms with Crippen LogP contribution in [0.3, 0.4) is 0 Å². The highest BCUT2D eigenvalue weighted by atomic mass is 35.5. The van der Waals surface area contributed by atoms with Gasteiger partial charge in [-0.15, -0.1) is 0 Å². The third-order valence-electron chi connectivity index (χ3n) is 11.5. The summed E-state index contributed by atoms with van der Waals surface area (Å²) in [6.45, 7) is 45.7. The predicted molar refractivity (Wildman–Crippen MR) is 265 cm³/mol. The molecule has 0 N–H and O–H groups in total. The number of pyridine rings is 3. The van der Waals surface area contributed by atoms with Crippen LogP contribution in [0.15, 0.2) is 91.0 Å². The molecule has 0 atom stereocenters. The number of halogens is 1. The van der Waals surface area contributed by atoms with Gasteiger partial charge < -0.3 is 0 Å².